The zero-order valence-electron chi connectivity index (χ0n) is 11.1. The molecule has 0 radical (unpaired) electrons. The standard InChI is InChI=1S/C11H14FN3O5S/c1-20-10-6-13-5-9(10)14-21(18,19)11-4-7(15(16)17)2-3-8(11)12/h2-4,9-10,13-14H,5-6H2,1H3/t9?,10-/m0/s1. The highest BCUT2D eigenvalue weighted by atomic mass is 32.2. The number of rotatable bonds is 5. The molecule has 2 rings (SSSR count). The van der Waals surface area contributed by atoms with Crippen molar-refractivity contribution in [1.29, 1.82) is 0 Å². The van der Waals surface area contributed by atoms with Crippen LogP contribution in [0.5, 0.6) is 0 Å². The van der Waals surface area contributed by atoms with Crippen LogP contribution in [0.25, 0.3) is 0 Å². The predicted octanol–water partition coefficient (Wildman–Crippen LogP) is -0.001000. The third-order valence-corrected chi connectivity index (χ3v) is 4.69. The molecule has 10 heteroatoms. The fourth-order valence-electron chi connectivity index (χ4n) is 2.09. The number of sulfonamides is 1. The Morgan fingerprint density at radius 2 is 2.19 bits per heavy atom. The van der Waals surface area contributed by atoms with Crippen LogP contribution in [-0.2, 0) is 14.8 Å². The van der Waals surface area contributed by atoms with Gasteiger partial charge in [0.05, 0.1) is 17.1 Å². The molecule has 21 heavy (non-hydrogen) atoms. The van der Waals surface area contributed by atoms with E-state index in [1.165, 1.54) is 7.11 Å². The van der Waals surface area contributed by atoms with Crippen molar-refractivity contribution >= 4 is 15.7 Å². The number of benzene rings is 1. The summed E-state index contributed by atoms with van der Waals surface area (Å²) in [7, 11) is -2.79. The van der Waals surface area contributed by atoms with Gasteiger partial charge < -0.3 is 10.1 Å². The molecule has 1 aromatic carbocycles. The van der Waals surface area contributed by atoms with Crippen LogP contribution in [0.2, 0.25) is 0 Å². The number of halogens is 1. The molecule has 0 saturated carbocycles. The first-order valence-corrected chi connectivity index (χ1v) is 7.53. The quantitative estimate of drug-likeness (QED) is 0.584. The lowest BCUT2D eigenvalue weighted by Gasteiger charge is -2.18. The van der Waals surface area contributed by atoms with Crippen molar-refractivity contribution in [2.24, 2.45) is 0 Å². The van der Waals surface area contributed by atoms with Crippen molar-refractivity contribution in [1.82, 2.24) is 10.0 Å². The maximum absolute atomic E-state index is 13.7. The molecule has 1 aliphatic heterocycles. The third kappa shape index (κ3) is 3.35. The van der Waals surface area contributed by atoms with Crippen LogP contribution >= 0.6 is 0 Å². The minimum Gasteiger partial charge on any atom is -0.378 e. The molecule has 0 aromatic heterocycles. The van der Waals surface area contributed by atoms with E-state index in [4.69, 9.17) is 4.74 Å². The summed E-state index contributed by atoms with van der Waals surface area (Å²) in [6, 6.07) is 1.79. The van der Waals surface area contributed by atoms with Gasteiger partial charge in [0.1, 0.15) is 10.7 Å². The van der Waals surface area contributed by atoms with Crippen LogP contribution < -0.4 is 10.0 Å². The fourth-order valence-corrected chi connectivity index (χ4v) is 3.46. The summed E-state index contributed by atoms with van der Waals surface area (Å²) in [5.41, 5.74) is -0.496. The van der Waals surface area contributed by atoms with Crippen LogP contribution in [0.1, 0.15) is 0 Å². The van der Waals surface area contributed by atoms with Gasteiger partial charge in [0, 0.05) is 32.3 Å². The Morgan fingerprint density at radius 3 is 2.81 bits per heavy atom. The zero-order chi connectivity index (χ0) is 15.6. The SMILES string of the molecule is CO[C@H]1CNCC1NS(=O)(=O)c1cc([N+](=O)[O-])ccc1F. The van der Waals surface area contributed by atoms with Crippen LogP contribution in [0.15, 0.2) is 23.1 Å². The molecular formula is C11H14FN3O5S. The normalized spacial score (nSPS) is 22.4. The van der Waals surface area contributed by atoms with Gasteiger partial charge in [-0.1, -0.05) is 0 Å². The van der Waals surface area contributed by atoms with Crippen molar-refractivity contribution < 1.29 is 22.5 Å². The van der Waals surface area contributed by atoms with Crippen molar-refractivity contribution in [2.75, 3.05) is 20.2 Å². The summed E-state index contributed by atoms with van der Waals surface area (Å²) in [6.45, 7) is 0.787. The number of nitro groups is 1. The third-order valence-electron chi connectivity index (χ3n) is 3.18. The molecule has 0 amide bonds. The summed E-state index contributed by atoms with van der Waals surface area (Å²) < 4.78 is 45.5. The molecule has 2 atom stereocenters. The summed E-state index contributed by atoms with van der Waals surface area (Å²) in [4.78, 5) is 9.14. The Balaban J connectivity index is 2.31. The van der Waals surface area contributed by atoms with E-state index in [1.807, 2.05) is 0 Å². The highest BCUT2D eigenvalue weighted by molar-refractivity contribution is 7.89. The van der Waals surface area contributed by atoms with Gasteiger partial charge in [-0.25, -0.2) is 17.5 Å². The minimum atomic E-state index is -4.22. The number of hydrogen-bond donors (Lipinski definition) is 2. The lowest BCUT2D eigenvalue weighted by Crippen LogP contribution is -2.43. The number of nitrogens with zero attached hydrogens (tertiary/aromatic N) is 1. The lowest BCUT2D eigenvalue weighted by molar-refractivity contribution is -0.385. The van der Waals surface area contributed by atoms with Gasteiger partial charge in [-0.2, -0.15) is 0 Å². The Labute approximate surface area is 120 Å². The number of nitro benzene ring substituents is 1. The average molecular weight is 319 g/mol. The highest BCUT2D eigenvalue weighted by Crippen LogP contribution is 2.21. The smallest absolute Gasteiger partial charge is 0.270 e. The molecule has 0 spiro atoms. The molecule has 1 saturated heterocycles. The van der Waals surface area contributed by atoms with E-state index in [1.54, 1.807) is 0 Å². The van der Waals surface area contributed by atoms with Crippen LogP contribution in [0, 0.1) is 15.9 Å². The molecule has 1 unspecified atom stereocenters. The van der Waals surface area contributed by atoms with Gasteiger partial charge in [0.2, 0.25) is 10.0 Å². The number of ether oxygens (including phenoxy) is 1. The Morgan fingerprint density at radius 1 is 1.48 bits per heavy atom. The van der Waals surface area contributed by atoms with Crippen molar-refractivity contribution in [3.8, 4) is 0 Å². The molecule has 1 aromatic rings. The van der Waals surface area contributed by atoms with E-state index < -0.39 is 37.4 Å². The van der Waals surface area contributed by atoms with E-state index >= 15 is 0 Å². The van der Waals surface area contributed by atoms with E-state index in [-0.39, 0.29) is 6.10 Å². The largest absolute Gasteiger partial charge is 0.378 e. The first kappa shape index (κ1) is 15.8. The summed E-state index contributed by atoms with van der Waals surface area (Å²) >= 11 is 0. The molecule has 8 nitrogen and oxygen atoms in total. The molecule has 0 bridgehead atoms. The maximum atomic E-state index is 13.7. The van der Waals surface area contributed by atoms with Crippen LogP contribution in [0.4, 0.5) is 10.1 Å². The second-order valence-electron chi connectivity index (χ2n) is 4.53. The molecule has 1 aliphatic rings. The van der Waals surface area contributed by atoms with Crippen molar-refractivity contribution in [2.45, 2.75) is 17.0 Å². The van der Waals surface area contributed by atoms with Crippen LogP contribution in [0.3, 0.4) is 0 Å². The Hall–Kier alpha value is -1.62. The number of hydrogen-bond acceptors (Lipinski definition) is 6. The van der Waals surface area contributed by atoms with Crippen molar-refractivity contribution in [3.05, 3.63) is 34.1 Å². The van der Waals surface area contributed by atoms with Gasteiger partial charge in [-0.3, -0.25) is 10.1 Å². The fraction of sp³-hybridized carbons (Fsp3) is 0.455. The molecule has 0 aliphatic carbocycles. The summed E-state index contributed by atoms with van der Waals surface area (Å²) in [6.07, 6.45) is -0.387. The maximum Gasteiger partial charge on any atom is 0.270 e. The lowest BCUT2D eigenvalue weighted by atomic mass is 10.2. The molecular weight excluding hydrogens is 305 g/mol. The molecule has 1 fully saturated rings. The van der Waals surface area contributed by atoms with Gasteiger partial charge >= 0.3 is 0 Å². The second-order valence-corrected chi connectivity index (χ2v) is 6.21. The van der Waals surface area contributed by atoms with Gasteiger partial charge in [-0.05, 0) is 6.07 Å². The minimum absolute atomic E-state index is 0.328. The average Bonchev–Trinajstić information content (AvgIpc) is 2.85. The predicted molar refractivity (Wildman–Crippen MR) is 70.8 cm³/mol. The van der Waals surface area contributed by atoms with E-state index in [0.717, 1.165) is 12.1 Å². The summed E-state index contributed by atoms with van der Waals surface area (Å²) in [5, 5.41) is 13.6. The number of methoxy groups -OCH3 is 1. The molecule has 1 heterocycles. The Kier molecular flexibility index (Phi) is 4.52. The van der Waals surface area contributed by atoms with Gasteiger partial charge in [0.25, 0.3) is 5.69 Å². The van der Waals surface area contributed by atoms with Crippen LogP contribution in [-0.4, -0.2) is 45.7 Å². The highest BCUT2D eigenvalue weighted by Gasteiger charge is 2.32. The molecule has 2 N–H and O–H groups in total. The van der Waals surface area contributed by atoms with E-state index in [0.29, 0.717) is 19.2 Å². The second kappa shape index (κ2) is 6.02. The molecule has 116 valence electrons. The van der Waals surface area contributed by atoms with E-state index in [9.17, 15) is 22.9 Å². The number of nitrogens with one attached hydrogen (secondary N) is 2. The topological polar surface area (TPSA) is 111 Å². The zero-order valence-corrected chi connectivity index (χ0v) is 11.9. The Bertz CT molecular complexity index is 651. The monoisotopic (exact) mass is 319 g/mol. The van der Waals surface area contributed by atoms with Crippen molar-refractivity contribution in [3.63, 3.8) is 0 Å². The number of non-ortho nitro benzene ring substituents is 1. The van der Waals surface area contributed by atoms with Gasteiger partial charge in [-0.15, -0.1) is 0 Å². The van der Waals surface area contributed by atoms with E-state index in [2.05, 4.69) is 10.0 Å². The summed E-state index contributed by atoms with van der Waals surface area (Å²) in [5.74, 6) is -1.05. The first-order chi connectivity index (χ1) is 9.85. The first-order valence-electron chi connectivity index (χ1n) is 6.05. The van der Waals surface area contributed by atoms with Gasteiger partial charge in [0.15, 0.2) is 0 Å².